The summed E-state index contributed by atoms with van der Waals surface area (Å²) in [5.74, 6) is 1.01. The summed E-state index contributed by atoms with van der Waals surface area (Å²) in [6, 6.07) is 17.7. The Balaban J connectivity index is 0.883. The number of hydrogen-bond acceptors (Lipinski definition) is 11. The number of hydrogen-bond donors (Lipinski definition) is 3. The van der Waals surface area contributed by atoms with Crippen LogP contribution in [0.1, 0.15) is 64.5 Å². The van der Waals surface area contributed by atoms with Crippen LogP contribution in [0.3, 0.4) is 0 Å². The van der Waals surface area contributed by atoms with Crippen LogP contribution in [0.25, 0.3) is 0 Å². The Morgan fingerprint density at radius 1 is 0.761 bits per heavy atom. The van der Waals surface area contributed by atoms with Gasteiger partial charge in [0, 0.05) is 72.1 Å². The van der Waals surface area contributed by atoms with Crippen molar-refractivity contribution in [2.24, 2.45) is 0 Å². The third-order valence-corrected chi connectivity index (χ3v) is 14.3. The summed E-state index contributed by atoms with van der Waals surface area (Å²) in [5, 5.41) is 9.37. The summed E-state index contributed by atoms with van der Waals surface area (Å²) in [6.45, 7) is 17.9. The van der Waals surface area contributed by atoms with Crippen LogP contribution in [0.15, 0.2) is 84.6 Å². The molecule has 3 atom stereocenters. The number of anilines is 1. The highest BCUT2D eigenvalue weighted by Crippen LogP contribution is 2.47. The van der Waals surface area contributed by atoms with Gasteiger partial charge in [-0.05, 0) is 44.4 Å². The molecule has 0 radical (unpaired) electrons. The van der Waals surface area contributed by atoms with Crippen molar-refractivity contribution in [2.75, 3.05) is 123 Å². The molecule has 3 N–H and O–H groups in total. The molecule has 14 nitrogen and oxygen atoms in total. The number of unbranched alkanes of at least 4 members (excludes halogenated alkanes) is 1. The van der Waals surface area contributed by atoms with Crippen molar-refractivity contribution in [3.63, 3.8) is 0 Å². The van der Waals surface area contributed by atoms with Gasteiger partial charge in [-0.25, -0.2) is 4.79 Å². The molecular formula is C52H76N5O9S+. The molecule has 67 heavy (non-hydrogen) atoms. The van der Waals surface area contributed by atoms with E-state index >= 15 is 0 Å². The van der Waals surface area contributed by atoms with Crippen LogP contribution in [0.5, 0.6) is 0 Å². The predicted molar refractivity (Wildman–Crippen MR) is 266 cm³/mol. The number of benzene rings is 2. The number of nitrogens with zero attached hydrogens (tertiary/aromatic N) is 2. The van der Waals surface area contributed by atoms with E-state index in [0.29, 0.717) is 104 Å². The summed E-state index contributed by atoms with van der Waals surface area (Å²) < 4.78 is 42.0. The number of methoxy groups -OCH3 is 1. The van der Waals surface area contributed by atoms with Gasteiger partial charge in [0.05, 0.1) is 96.8 Å². The molecule has 0 aliphatic carbocycles. The lowest BCUT2D eigenvalue weighted by atomic mass is 9.81. The molecule has 368 valence electrons. The van der Waals surface area contributed by atoms with Gasteiger partial charge in [0.25, 0.3) is 0 Å². The molecular weight excluding hydrogens is 871 g/mol. The standard InChI is InChI=1S/C52H75N5O9S/c1-51(2)40-15-9-11-17-43(40)56(24-27-62-32-35-65-34-31-61-26-23-53-48(58)22-14-13-19-45-49-42(39-67-45)54-50(59)55-49)46(51)20-7-6-8-21-47-52(3,4)41-16-10-12-18-44(41)57(47)25-28-63-33-36-66-38-37-64-30-29-60-5/h6-12,15-18,20-21,42,45,49H,13-14,19,22-39H2,1-5H3,(H2-,53,54,55,58,59)/p+1/t42-,45-,49-/m0/s1. The van der Waals surface area contributed by atoms with E-state index in [4.69, 9.17) is 33.2 Å². The van der Waals surface area contributed by atoms with Crippen LogP contribution >= 0.6 is 11.8 Å². The maximum absolute atomic E-state index is 12.3. The Morgan fingerprint density at radius 3 is 2.13 bits per heavy atom. The molecule has 0 unspecified atom stereocenters. The van der Waals surface area contributed by atoms with Crippen molar-refractivity contribution in [3.8, 4) is 0 Å². The molecule has 6 rings (SSSR count). The number of rotatable bonds is 32. The van der Waals surface area contributed by atoms with E-state index in [-0.39, 0.29) is 34.9 Å². The highest BCUT2D eigenvalue weighted by molar-refractivity contribution is 8.00. The molecule has 2 fully saturated rings. The third kappa shape index (κ3) is 15.0. The first-order valence-electron chi connectivity index (χ1n) is 24.2. The maximum atomic E-state index is 12.3. The summed E-state index contributed by atoms with van der Waals surface area (Å²) in [6.07, 6.45) is 14.2. The van der Waals surface area contributed by atoms with Crippen LogP contribution in [0.4, 0.5) is 16.2 Å². The van der Waals surface area contributed by atoms with E-state index in [2.05, 4.69) is 132 Å². The molecule has 15 heteroatoms. The second-order valence-corrected chi connectivity index (χ2v) is 19.4. The van der Waals surface area contributed by atoms with Gasteiger partial charge in [0.15, 0.2) is 12.3 Å². The van der Waals surface area contributed by atoms with Gasteiger partial charge >= 0.3 is 6.03 Å². The lowest BCUT2D eigenvalue weighted by Crippen LogP contribution is -2.36. The van der Waals surface area contributed by atoms with E-state index in [0.717, 1.165) is 38.1 Å². The molecule has 2 aromatic rings. The summed E-state index contributed by atoms with van der Waals surface area (Å²) in [4.78, 5) is 26.2. The van der Waals surface area contributed by atoms with Gasteiger partial charge in [-0.1, -0.05) is 74.9 Å². The lowest BCUT2D eigenvalue weighted by molar-refractivity contribution is -0.442. The maximum Gasteiger partial charge on any atom is 0.315 e. The van der Waals surface area contributed by atoms with Gasteiger partial charge in [-0.2, -0.15) is 16.3 Å². The van der Waals surface area contributed by atoms with Crippen molar-refractivity contribution in [3.05, 3.63) is 95.7 Å². The fraction of sp³-hybridized carbons (Fsp3) is 0.596. The number of fused-ring (bicyclic) bond motifs is 3. The van der Waals surface area contributed by atoms with Crippen LogP contribution in [-0.2, 0) is 48.8 Å². The quantitative estimate of drug-likeness (QED) is 0.0323. The SMILES string of the molecule is COCCOCCOCCOCCN1\C(=C/C=C/C=C/C2=[N+](CCOCCOCCOCCNC(=O)CCCC[C@@H]3SC[C@@H]4NC(=O)N[C@@H]43)c3ccccc3C2(C)C)C(C)(C)c2ccccc21. The van der Waals surface area contributed by atoms with Crippen LogP contribution in [0, 0.1) is 0 Å². The second kappa shape index (κ2) is 27.2. The minimum absolute atomic E-state index is 0.0490. The van der Waals surface area contributed by atoms with Gasteiger partial charge in [-0.15, -0.1) is 0 Å². The van der Waals surface area contributed by atoms with E-state index in [1.165, 1.54) is 33.9 Å². The third-order valence-electron chi connectivity index (χ3n) is 12.8. The van der Waals surface area contributed by atoms with Crippen LogP contribution in [-0.4, -0.2) is 158 Å². The number of ether oxygens (including phenoxy) is 7. The molecule has 0 saturated carbocycles. The minimum Gasteiger partial charge on any atom is -0.382 e. The number of allylic oxidation sites excluding steroid dienone is 6. The summed E-state index contributed by atoms with van der Waals surface area (Å²) in [7, 11) is 1.66. The Hall–Kier alpha value is -4.06. The Kier molecular flexibility index (Phi) is 21.2. The number of amides is 3. The van der Waals surface area contributed by atoms with Crippen molar-refractivity contribution in [1.29, 1.82) is 0 Å². The number of nitrogens with one attached hydrogen (secondary N) is 3. The fourth-order valence-electron chi connectivity index (χ4n) is 9.28. The summed E-state index contributed by atoms with van der Waals surface area (Å²) >= 11 is 1.91. The van der Waals surface area contributed by atoms with Gasteiger partial charge in [0.2, 0.25) is 11.6 Å². The van der Waals surface area contributed by atoms with Crippen molar-refractivity contribution in [1.82, 2.24) is 16.0 Å². The molecule has 2 saturated heterocycles. The normalized spacial score (nSPS) is 20.9. The molecule has 4 aliphatic rings. The number of carbonyl (C=O) groups excluding carboxylic acids is 2. The second-order valence-electron chi connectivity index (χ2n) is 18.2. The van der Waals surface area contributed by atoms with Crippen molar-refractivity contribution >= 4 is 40.8 Å². The number of carbonyl (C=O) groups is 2. The monoisotopic (exact) mass is 947 g/mol. The number of thioether (sulfide) groups is 1. The van der Waals surface area contributed by atoms with Crippen LogP contribution < -0.4 is 20.9 Å². The zero-order valence-corrected chi connectivity index (χ0v) is 41.4. The zero-order valence-electron chi connectivity index (χ0n) is 40.6. The highest BCUT2D eigenvalue weighted by atomic mass is 32.2. The topological polar surface area (TPSA) is 141 Å². The van der Waals surface area contributed by atoms with E-state index in [9.17, 15) is 9.59 Å². The zero-order chi connectivity index (χ0) is 47.3. The molecule has 0 spiro atoms. The van der Waals surface area contributed by atoms with Gasteiger partial charge < -0.3 is 54.0 Å². The molecule has 0 bridgehead atoms. The van der Waals surface area contributed by atoms with E-state index in [1.54, 1.807) is 7.11 Å². The molecule has 4 aliphatic heterocycles. The average molecular weight is 947 g/mol. The number of para-hydroxylation sites is 2. The van der Waals surface area contributed by atoms with E-state index < -0.39 is 0 Å². The Morgan fingerprint density at radius 2 is 1.40 bits per heavy atom. The predicted octanol–water partition coefficient (Wildman–Crippen LogP) is 6.44. The van der Waals surface area contributed by atoms with Gasteiger partial charge in [-0.3, -0.25) is 4.79 Å². The number of urea groups is 1. The van der Waals surface area contributed by atoms with Gasteiger partial charge in [0.1, 0.15) is 6.61 Å². The molecule has 4 heterocycles. The smallest absolute Gasteiger partial charge is 0.315 e. The first-order valence-corrected chi connectivity index (χ1v) is 25.3. The van der Waals surface area contributed by atoms with Crippen molar-refractivity contribution in [2.45, 2.75) is 81.5 Å². The minimum atomic E-state index is -0.173. The Bertz CT molecular complexity index is 2000. The average Bonchev–Trinajstić information content (AvgIpc) is 4.00. The van der Waals surface area contributed by atoms with E-state index in [1.807, 2.05) is 11.8 Å². The molecule has 0 aromatic heterocycles. The van der Waals surface area contributed by atoms with Crippen molar-refractivity contribution < 1.29 is 47.3 Å². The largest absolute Gasteiger partial charge is 0.382 e. The fourth-order valence-corrected chi connectivity index (χ4v) is 10.8. The first kappa shape index (κ1) is 52.3. The highest BCUT2D eigenvalue weighted by Gasteiger charge is 2.44. The molecule has 3 amide bonds. The summed E-state index contributed by atoms with van der Waals surface area (Å²) in [5.41, 5.74) is 7.18. The Labute approximate surface area is 403 Å². The molecule has 2 aromatic carbocycles. The lowest BCUT2D eigenvalue weighted by Gasteiger charge is -2.27. The van der Waals surface area contributed by atoms with Crippen LogP contribution in [0.2, 0.25) is 0 Å². The first-order chi connectivity index (χ1) is 32.6.